The van der Waals surface area contributed by atoms with E-state index in [2.05, 4.69) is 10.5 Å². The van der Waals surface area contributed by atoms with Crippen molar-refractivity contribution in [2.24, 2.45) is 5.73 Å². The normalized spacial score (nSPS) is 9.29. The standard InChI is InChI=1S/C4H7NO2/c1-2-3-7-4(5)6/h2-3H,1H3,(H2,5,6)/b3-2+. The van der Waals surface area contributed by atoms with Crippen LogP contribution in [0, 0.1) is 0 Å². The van der Waals surface area contributed by atoms with Crippen molar-refractivity contribution >= 4 is 6.09 Å². The maximum atomic E-state index is 9.71. The summed E-state index contributed by atoms with van der Waals surface area (Å²) in [5.41, 5.74) is 4.57. The summed E-state index contributed by atoms with van der Waals surface area (Å²) in [5.74, 6) is 0. The van der Waals surface area contributed by atoms with Gasteiger partial charge in [-0.05, 0) is 6.92 Å². The van der Waals surface area contributed by atoms with E-state index in [0.717, 1.165) is 0 Å². The monoisotopic (exact) mass is 101 g/mol. The second-order valence-electron chi connectivity index (χ2n) is 0.906. The average molecular weight is 101 g/mol. The Bertz CT molecular complexity index is 87.7. The van der Waals surface area contributed by atoms with Gasteiger partial charge in [-0.3, -0.25) is 0 Å². The van der Waals surface area contributed by atoms with E-state index in [-0.39, 0.29) is 0 Å². The minimum absolute atomic E-state index is 0.780. The molecule has 0 atom stereocenters. The zero-order valence-corrected chi connectivity index (χ0v) is 4.05. The molecule has 3 heteroatoms. The third-order valence-corrected chi connectivity index (χ3v) is 0.320. The fourth-order valence-corrected chi connectivity index (χ4v) is 0.135. The highest BCUT2D eigenvalue weighted by atomic mass is 16.5. The summed E-state index contributed by atoms with van der Waals surface area (Å²) >= 11 is 0. The first-order valence-corrected chi connectivity index (χ1v) is 1.84. The maximum Gasteiger partial charge on any atom is 0.409 e. The topological polar surface area (TPSA) is 52.3 Å². The summed E-state index contributed by atoms with van der Waals surface area (Å²) in [6.45, 7) is 1.73. The van der Waals surface area contributed by atoms with Gasteiger partial charge in [0.2, 0.25) is 0 Å². The number of hydrogen-bond acceptors (Lipinski definition) is 2. The first-order chi connectivity index (χ1) is 3.27. The fraction of sp³-hybridized carbons (Fsp3) is 0.250. The van der Waals surface area contributed by atoms with Crippen molar-refractivity contribution in [3.63, 3.8) is 0 Å². The van der Waals surface area contributed by atoms with Gasteiger partial charge >= 0.3 is 6.09 Å². The minimum Gasteiger partial charge on any atom is -0.419 e. The van der Waals surface area contributed by atoms with Crippen LogP contribution < -0.4 is 5.73 Å². The third-order valence-electron chi connectivity index (χ3n) is 0.320. The Labute approximate surface area is 41.8 Å². The second-order valence-corrected chi connectivity index (χ2v) is 0.906. The van der Waals surface area contributed by atoms with Gasteiger partial charge < -0.3 is 10.5 Å². The van der Waals surface area contributed by atoms with Crippen LogP contribution in [0.15, 0.2) is 12.3 Å². The number of ether oxygens (including phenoxy) is 1. The number of amides is 1. The van der Waals surface area contributed by atoms with E-state index in [1.165, 1.54) is 6.26 Å². The quantitative estimate of drug-likeness (QED) is 0.492. The second kappa shape index (κ2) is 3.21. The molecule has 0 aliphatic carbocycles. The Morgan fingerprint density at radius 3 is 2.57 bits per heavy atom. The maximum absolute atomic E-state index is 9.71. The van der Waals surface area contributed by atoms with Crippen LogP contribution in [0.4, 0.5) is 4.79 Å². The van der Waals surface area contributed by atoms with Crippen LogP contribution in [0.2, 0.25) is 0 Å². The number of rotatable bonds is 1. The molecule has 3 nitrogen and oxygen atoms in total. The van der Waals surface area contributed by atoms with E-state index < -0.39 is 6.09 Å². The van der Waals surface area contributed by atoms with Crippen LogP contribution >= 0.6 is 0 Å². The number of hydrogen-bond donors (Lipinski definition) is 1. The number of allylic oxidation sites excluding steroid dienone is 1. The van der Waals surface area contributed by atoms with E-state index >= 15 is 0 Å². The van der Waals surface area contributed by atoms with Gasteiger partial charge in [-0.1, -0.05) is 6.08 Å². The minimum atomic E-state index is -0.780. The molecule has 0 fully saturated rings. The fourth-order valence-electron chi connectivity index (χ4n) is 0.135. The lowest BCUT2D eigenvalue weighted by Crippen LogP contribution is -2.08. The van der Waals surface area contributed by atoms with Crippen molar-refractivity contribution in [3.05, 3.63) is 12.3 Å². The summed E-state index contributed by atoms with van der Waals surface area (Å²) < 4.78 is 4.15. The molecule has 0 saturated heterocycles. The highest BCUT2D eigenvalue weighted by molar-refractivity contribution is 5.65. The lowest BCUT2D eigenvalue weighted by molar-refractivity contribution is 0.196. The molecule has 1 amide bonds. The summed E-state index contributed by atoms with van der Waals surface area (Å²) in [7, 11) is 0. The van der Waals surface area contributed by atoms with Crippen molar-refractivity contribution in [3.8, 4) is 0 Å². The van der Waals surface area contributed by atoms with Crippen LogP contribution in [0.1, 0.15) is 6.92 Å². The molecular weight excluding hydrogens is 94.0 g/mol. The molecule has 0 saturated carbocycles. The van der Waals surface area contributed by atoms with Crippen LogP contribution in [0.25, 0.3) is 0 Å². The first kappa shape index (κ1) is 6.01. The Hall–Kier alpha value is -0.990. The number of primary amides is 1. The van der Waals surface area contributed by atoms with Gasteiger partial charge in [0.25, 0.3) is 0 Å². The Kier molecular flexibility index (Phi) is 2.76. The van der Waals surface area contributed by atoms with Crippen LogP contribution in [-0.4, -0.2) is 6.09 Å². The summed E-state index contributed by atoms with van der Waals surface area (Å²) in [4.78, 5) is 9.71. The molecule has 0 bridgehead atoms. The smallest absolute Gasteiger partial charge is 0.409 e. The highest BCUT2D eigenvalue weighted by Gasteiger charge is 1.81. The first-order valence-electron chi connectivity index (χ1n) is 1.84. The van der Waals surface area contributed by atoms with E-state index in [0.29, 0.717) is 0 Å². The van der Waals surface area contributed by atoms with Crippen molar-refractivity contribution < 1.29 is 9.53 Å². The van der Waals surface area contributed by atoms with Gasteiger partial charge in [0.05, 0.1) is 6.26 Å². The number of carbonyl (C=O) groups excluding carboxylic acids is 1. The number of nitrogens with two attached hydrogens (primary N) is 1. The van der Waals surface area contributed by atoms with Crippen molar-refractivity contribution in [1.29, 1.82) is 0 Å². The summed E-state index contributed by atoms with van der Waals surface area (Å²) in [6.07, 6.45) is 2.02. The summed E-state index contributed by atoms with van der Waals surface area (Å²) in [5, 5.41) is 0. The van der Waals surface area contributed by atoms with E-state index in [4.69, 9.17) is 0 Å². The molecule has 2 N–H and O–H groups in total. The predicted octanol–water partition coefficient (Wildman–Crippen LogP) is 0.615. The Morgan fingerprint density at radius 2 is 2.43 bits per heavy atom. The molecule has 0 heterocycles. The predicted molar refractivity (Wildman–Crippen MR) is 25.5 cm³/mol. The highest BCUT2D eigenvalue weighted by Crippen LogP contribution is 1.72. The number of carbonyl (C=O) groups is 1. The van der Waals surface area contributed by atoms with Crippen LogP contribution in [-0.2, 0) is 4.74 Å². The van der Waals surface area contributed by atoms with E-state index in [1.807, 2.05) is 0 Å². The molecule has 0 spiro atoms. The molecule has 0 aliphatic rings. The molecule has 0 rings (SSSR count). The molecule has 0 aromatic carbocycles. The van der Waals surface area contributed by atoms with Crippen molar-refractivity contribution in [2.45, 2.75) is 6.92 Å². The molecule has 40 valence electrons. The van der Waals surface area contributed by atoms with Gasteiger partial charge in [-0.2, -0.15) is 0 Å². The average Bonchev–Trinajstić information content (AvgIpc) is 1.61. The lowest BCUT2D eigenvalue weighted by atomic mass is 10.7. The Balaban J connectivity index is 3.14. The van der Waals surface area contributed by atoms with Gasteiger partial charge in [-0.15, -0.1) is 0 Å². The molecule has 0 radical (unpaired) electrons. The van der Waals surface area contributed by atoms with Gasteiger partial charge in [0.15, 0.2) is 0 Å². The molecule has 0 aliphatic heterocycles. The lowest BCUT2D eigenvalue weighted by Gasteiger charge is -1.85. The summed E-state index contributed by atoms with van der Waals surface area (Å²) in [6, 6.07) is 0. The van der Waals surface area contributed by atoms with E-state index in [1.54, 1.807) is 13.0 Å². The van der Waals surface area contributed by atoms with Crippen molar-refractivity contribution in [2.75, 3.05) is 0 Å². The molecule has 0 unspecified atom stereocenters. The SMILES string of the molecule is C/C=C/OC(N)=O. The Morgan fingerprint density at radius 1 is 1.86 bits per heavy atom. The van der Waals surface area contributed by atoms with Gasteiger partial charge in [0, 0.05) is 0 Å². The molecule has 0 aromatic heterocycles. The zero-order chi connectivity index (χ0) is 5.70. The van der Waals surface area contributed by atoms with E-state index in [9.17, 15) is 4.79 Å². The molecule has 7 heavy (non-hydrogen) atoms. The molecular formula is C4H7NO2. The zero-order valence-electron chi connectivity index (χ0n) is 4.05. The third kappa shape index (κ3) is 5.01. The van der Waals surface area contributed by atoms with Gasteiger partial charge in [0.1, 0.15) is 0 Å². The van der Waals surface area contributed by atoms with Crippen molar-refractivity contribution in [1.82, 2.24) is 0 Å². The van der Waals surface area contributed by atoms with Crippen LogP contribution in [0.5, 0.6) is 0 Å². The van der Waals surface area contributed by atoms with Gasteiger partial charge in [-0.25, -0.2) is 4.79 Å². The van der Waals surface area contributed by atoms with Crippen LogP contribution in [0.3, 0.4) is 0 Å². The molecule has 0 aromatic rings. The largest absolute Gasteiger partial charge is 0.419 e.